The Morgan fingerprint density at radius 2 is 1.97 bits per heavy atom. The van der Waals surface area contributed by atoms with Crippen molar-refractivity contribution in [3.8, 4) is 16.9 Å². The third-order valence-corrected chi connectivity index (χ3v) is 5.13. The van der Waals surface area contributed by atoms with Crippen LogP contribution in [0.5, 0.6) is 5.75 Å². The standard InChI is InChI=1S/C23H20N6O/c1-14-11-19(30-2)18(12-16(14)15-7-4-3-5-8-15)27-22-20-21(17-9-6-10-24-17)28-29-23(20)26-13-25-22/h3-9,11-13H,10H2,1-2H3,(H2,25,26,27,28,29). The maximum absolute atomic E-state index is 5.65. The molecule has 0 spiro atoms. The number of nitrogens with one attached hydrogen (secondary N) is 2. The van der Waals surface area contributed by atoms with Crippen molar-refractivity contribution in [1.82, 2.24) is 20.2 Å². The summed E-state index contributed by atoms with van der Waals surface area (Å²) in [7, 11) is 1.67. The average molecular weight is 396 g/mol. The summed E-state index contributed by atoms with van der Waals surface area (Å²) in [4.78, 5) is 13.3. The van der Waals surface area contributed by atoms with E-state index in [4.69, 9.17) is 4.74 Å². The largest absolute Gasteiger partial charge is 0.495 e. The zero-order chi connectivity index (χ0) is 20.5. The number of H-pyrrole nitrogens is 1. The number of aromatic amines is 1. The summed E-state index contributed by atoms with van der Waals surface area (Å²) >= 11 is 0. The molecule has 2 N–H and O–H groups in total. The molecule has 7 nitrogen and oxygen atoms in total. The number of hydrogen-bond acceptors (Lipinski definition) is 6. The number of benzene rings is 2. The van der Waals surface area contributed by atoms with E-state index in [0.29, 0.717) is 18.0 Å². The van der Waals surface area contributed by atoms with E-state index in [1.54, 1.807) is 7.11 Å². The number of aliphatic imine (C=N–C) groups is 1. The highest BCUT2D eigenvalue weighted by Gasteiger charge is 2.18. The van der Waals surface area contributed by atoms with E-state index in [1.165, 1.54) is 6.33 Å². The Morgan fingerprint density at radius 1 is 1.10 bits per heavy atom. The van der Waals surface area contributed by atoms with Gasteiger partial charge >= 0.3 is 0 Å². The topological polar surface area (TPSA) is 88.1 Å². The number of fused-ring (bicyclic) bond motifs is 1. The predicted octanol–water partition coefficient (Wildman–Crippen LogP) is 4.44. The molecule has 3 heterocycles. The van der Waals surface area contributed by atoms with Crippen LogP contribution in [0.15, 0.2) is 65.9 Å². The second-order valence-electron chi connectivity index (χ2n) is 7.01. The van der Waals surface area contributed by atoms with Gasteiger partial charge in [0.1, 0.15) is 17.9 Å². The van der Waals surface area contributed by atoms with E-state index in [9.17, 15) is 0 Å². The summed E-state index contributed by atoms with van der Waals surface area (Å²) in [5.41, 5.74) is 6.44. The lowest BCUT2D eigenvalue weighted by Crippen LogP contribution is -2.02. The molecule has 4 aromatic rings. The monoisotopic (exact) mass is 396 g/mol. The fraction of sp³-hybridized carbons (Fsp3) is 0.130. The molecule has 0 radical (unpaired) electrons. The van der Waals surface area contributed by atoms with Crippen molar-refractivity contribution in [2.75, 3.05) is 19.0 Å². The Bertz CT molecular complexity index is 1290. The lowest BCUT2D eigenvalue weighted by Gasteiger charge is -2.15. The summed E-state index contributed by atoms with van der Waals surface area (Å²) in [6.45, 7) is 2.74. The van der Waals surface area contributed by atoms with Crippen LogP contribution < -0.4 is 10.1 Å². The van der Waals surface area contributed by atoms with Crippen LogP contribution in [0, 0.1) is 6.92 Å². The second-order valence-corrected chi connectivity index (χ2v) is 7.01. The van der Waals surface area contributed by atoms with Crippen LogP contribution in [-0.2, 0) is 0 Å². The second kappa shape index (κ2) is 7.44. The van der Waals surface area contributed by atoms with Crippen molar-refractivity contribution < 1.29 is 4.74 Å². The molecule has 30 heavy (non-hydrogen) atoms. The van der Waals surface area contributed by atoms with Gasteiger partial charge in [0.05, 0.1) is 36.1 Å². The van der Waals surface area contributed by atoms with Gasteiger partial charge in [0.25, 0.3) is 0 Å². The third-order valence-electron chi connectivity index (χ3n) is 5.13. The number of allylic oxidation sites excluding steroid dienone is 1. The number of aromatic nitrogens is 4. The first-order chi connectivity index (χ1) is 14.7. The molecular formula is C23H20N6O. The van der Waals surface area contributed by atoms with Crippen molar-refractivity contribution in [3.05, 3.63) is 72.2 Å². The van der Waals surface area contributed by atoms with Crippen LogP contribution in [-0.4, -0.2) is 39.5 Å². The number of rotatable bonds is 5. The van der Waals surface area contributed by atoms with Crippen LogP contribution in [0.4, 0.5) is 11.5 Å². The summed E-state index contributed by atoms with van der Waals surface area (Å²) in [6, 6.07) is 14.4. The van der Waals surface area contributed by atoms with Crippen molar-refractivity contribution in [2.24, 2.45) is 4.99 Å². The van der Waals surface area contributed by atoms with E-state index in [0.717, 1.165) is 44.9 Å². The van der Waals surface area contributed by atoms with Crippen LogP contribution in [0.1, 0.15) is 11.3 Å². The molecule has 7 heteroatoms. The quantitative estimate of drug-likeness (QED) is 0.521. The van der Waals surface area contributed by atoms with E-state index in [1.807, 2.05) is 36.4 Å². The molecule has 1 aliphatic rings. The van der Waals surface area contributed by atoms with Gasteiger partial charge in [-0.2, -0.15) is 5.10 Å². The number of anilines is 2. The van der Waals surface area contributed by atoms with Gasteiger partial charge in [0.15, 0.2) is 5.65 Å². The van der Waals surface area contributed by atoms with Gasteiger partial charge in [-0.05, 0) is 41.8 Å². The molecule has 0 atom stereocenters. The number of methoxy groups -OCH3 is 1. The average Bonchev–Trinajstić information content (AvgIpc) is 3.45. The molecule has 0 fully saturated rings. The molecule has 0 amide bonds. The minimum absolute atomic E-state index is 0.583. The van der Waals surface area contributed by atoms with Gasteiger partial charge in [-0.15, -0.1) is 0 Å². The Hall–Kier alpha value is -4.00. The lowest BCUT2D eigenvalue weighted by atomic mass is 9.99. The zero-order valence-electron chi connectivity index (χ0n) is 16.7. The Kier molecular flexibility index (Phi) is 4.48. The summed E-state index contributed by atoms with van der Waals surface area (Å²) in [5, 5.41) is 11.6. The maximum atomic E-state index is 5.65. The predicted molar refractivity (Wildman–Crippen MR) is 119 cm³/mol. The molecule has 2 aromatic carbocycles. The summed E-state index contributed by atoms with van der Waals surface area (Å²) in [5.74, 6) is 1.38. The molecule has 5 rings (SSSR count). The molecule has 2 aromatic heterocycles. The molecule has 1 aliphatic heterocycles. The summed E-state index contributed by atoms with van der Waals surface area (Å²) in [6.07, 6.45) is 5.48. The van der Waals surface area contributed by atoms with E-state index < -0.39 is 0 Å². The van der Waals surface area contributed by atoms with Gasteiger partial charge in [-0.1, -0.05) is 36.4 Å². The van der Waals surface area contributed by atoms with Crippen LogP contribution in [0.2, 0.25) is 0 Å². The number of ether oxygens (including phenoxy) is 1. The highest BCUT2D eigenvalue weighted by Crippen LogP contribution is 2.36. The van der Waals surface area contributed by atoms with Gasteiger partial charge in [-0.25, -0.2) is 9.97 Å². The molecule has 0 saturated heterocycles. The number of nitrogens with zero attached hydrogens (tertiary/aromatic N) is 4. The normalized spacial score (nSPS) is 12.9. The van der Waals surface area contributed by atoms with Gasteiger partial charge in [0.2, 0.25) is 0 Å². The highest BCUT2D eigenvalue weighted by atomic mass is 16.5. The molecule has 0 aliphatic carbocycles. The van der Waals surface area contributed by atoms with E-state index in [2.05, 4.69) is 55.6 Å². The molecule has 0 unspecified atom stereocenters. The zero-order valence-corrected chi connectivity index (χ0v) is 16.7. The molecule has 148 valence electrons. The van der Waals surface area contributed by atoms with Crippen LogP contribution in [0.25, 0.3) is 22.2 Å². The lowest BCUT2D eigenvalue weighted by molar-refractivity contribution is 0.416. The van der Waals surface area contributed by atoms with Crippen molar-refractivity contribution >= 4 is 28.3 Å². The molecular weight excluding hydrogens is 376 g/mol. The van der Waals surface area contributed by atoms with Gasteiger partial charge in [0, 0.05) is 0 Å². The van der Waals surface area contributed by atoms with Gasteiger partial charge < -0.3 is 10.1 Å². The minimum Gasteiger partial charge on any atom is -0.495 e. The fourth-order valence-electron chi connectivity index (χ4n) is 3.67. The van der Waals surface area contributed by atoms with E-state index in [-0.39, 0.29) is 0 Å². The number of hydrogen-bond donors (Lipinski definition) is 2. The van der Waals surface area contributed by atoms with Gasteiger partial charge in [-0.3, -0.25) is 10.1 Å². The smallest absolute Gasteiger partial charge is 0.186 e. The Labute approximate surface area is 173 Å². The van der Waals surface area contributed by atoms with Crippen molar-refractivity contribution in [3.63, 3.8) is 0 Å². The van der Waals surface area contributed by atoms with Crippen molar-refractivity contribution in [2.45, 2.75) is 6.92 Å². The summed E-state index contributed by atoms with van der Waals surface area (Å²) < 4.78 is 5.65. The Morgan fingerprint density at radius 3 is 2.73 bits per heavy atom. The fourth-order valence-corrected chi connectivity index (χ4v) is 3.67. The first-order valence-corrected chi connectivity index (χ1v) is 9.66. The van der Waals surface area contributed by atoms with E-state index >= 15 is 0 Å². The minimum atomic E-state index is 0.583. The molecule has 0 bridgehead atoms. The first kappa shape index (κ1) is 18.1. The van der Waals surface area contributed by atoms with Crippen LogP contribution in [0.3, 0.4) is 0 Å². The van der Waals surface area contributed by atoms with Crippen LogP contribution >= 0.6 is 0 Å². The SMILES string of the molecule is COc1cc(C)c(-c2ccccc2)cc1Nc1ncnc2n[nH]c(C3=NCC=C3)c12. The first-order valence-electron chi connectivity index (χ1n) is 9.66. The highest BCUT2D eigenvalue weighted by molar-refractivity contribution is 6.17. The molecule has 0 saturated carbocycles. The van der Waals surface area contributed by atoms with Crippen molar-refractivity contribution in [1.29, 1.82) is 0 Å². The Balaban J connectivity index is 1.63. The third kappa shape index (κ3) is 3.10. The maximum Gasteiger partial charge on any atom is 0.186 e. The number of aryl methyl sites for hydroxylation is 1.